The smallest absolute Gasteiger partial charge is 0.268 e. The number of aromatic nitrogens is 1. The van der Waals surface area contributed by atoms with Gasteiger partial charge in [-0.1, -0.05) is 19.9 Å². The van der Waals surface area contributed by atoms with Gasteiger partial charge in [0.1, 0.15) is 24.1 Å². The van der Waals surface area contributed by atoms with Gasteiger partial charge in [-0.2, -0.15) is 0 Å². The number of aliphatic hydroxyl groups excluding tert-OH is 1. The van der Waals surface area contributed by atoms with Crippen LogP contribution in [0.1, 0.15) is 50.0 Å². The van der Waals surface area contributed by atoms with Gasteiger partial charge in [0.2, 0.25) is 11.8 Å². The molecule has 190 valence electrons. The summed E-state index contributed by atoms with van der Waals surface area (Å²) in [6.07, 6.45) is 1.82. The quantitative estimate of drug-likeness (QED) is 0.323. The Morgan fingerprint density at radius 1 is 1.20 bits per heavy atom. The molecule has 1 fully saturated rings. The van der Waals surface area contributed by atoms with Crippen molar-refractivity contribution in [3.63, 3.8) is 0 Å². The zero-order valence-electron chi connectivity index (χ0n) is 20.3. The fourth-order valence-electron chi connectivity index (χ4n) is 4.36. The molecule has 3 atom stereocenters. The van der Waals surface area contributed by atoms with Crippen molar-refractivity contribution in [3.05, 3.63) is 30.0 Å². The highest BCUT2D eigenvalue weighted by Gasteiger charge is 2.32. The van der Waals surface area contributed by atoms with E-state index in [9.17, 15) is 24.3 Å². The molecule has 2 aromatic rings. The van der Waals surface area contributed by atoms with Gasteiger partial charge in [0.25, 0.3) is 5.91 Å². The molecular formula is C25H34N4O6. The minimum absolute atomic E-state index is 0.0740. The van der Waals surface area contributed by atoms with Gasteiger partial charge in [-0.05, 0) is 49.8 Å². The van der Waals surface area contributed by atoms with E-state index in [1.165, 1.54) is 0 Å². The lowest BCUT2D eigenvalue weighted by Gasteiger charge is -2.27. The summed E-state index contributed by atoms with van der Waals surface area (Å²) in [5, 5.41) is 18.4. The fourth-order valence-corrected chi connectivity index (χ4v) is 4.36. The van der Waals surface area contributed by atoms with Crippen molar-refractivity contribution in [1.82, 2.24) is 20.9 Å². The summed E-state index contributed by atoms with van der Waals surface area (Å²) in [6, 6.07) is 5.14. The Kier molecular flexibility index (Phi) is 8.86. The lowest BCUT2D eigenvalue weighted by molar-refractivity contribution is -0.132. The largest absolute Gasteiger partial charge is 0.496 e. The Hall–Kier alpha value is -3.40. The van der Waals surface area contributed by atoms with Crippen molar-refractivity contribution in [2.24, 2.45) is 11.8 Å². The minimum Gasteiger partial charge on any atom is -0.496 e. The van der Waals surface area contributed by atoms with Crippen LogP contribution in [0.25, 0.3) is 10.9 Å². The molecule has 3 amide bonds. The number of aliphatic hydroxyl groups is 1. The summed E-state index contributed by atoms with van der Waals surface area (Å²) in [4.78, 5) is 53.8. The van der Waals surface area contributed by atoms with Crippen LogP contribution in [0.4, 0.5) is 0 Å². The molecule has 35 heavy (non-hydrogen) atoms. The molecule has 0 saturated carbocycles. The highest BCUT2D eigenvalue weighted by Crippen LogP contribution is 2.26. The number of carbonyl (C=O) groups is 4. The molecule has 1 aromatic carbocycles. The van der Waals surface area contributed by atoms with Crippen LogP contribution in [-0.2, 0) is 14.4 Å². The third-order valence-electron chi connectivity index (χ3n) is 6.20. The molecule has 0 aliphatic carbocycles. The lowest BCUT2D eigenvalue weighted by Crippen LogP contribution is -2.53. The first-order valence-corrected chi connectivity index (χ1v) is 11.9. The number of hydrogen-bond donors (Lipinski definition) is 5. The number of fused-ring (bicyclic) bond motifs is 1. The van der Waals surface area contributed by atoms with Gasteiger partial charge in [0.15, 0.2) is 5.78 Å². The number of nitrogens with one attached hydrogen (secondary N) is 4. The van der Waals surface area contributed by atoms with Gasteiger partial charge >= 0.3 is 0 Å². The van der Waals surface area contributed by atoms with E-state index in [0.717, 1.165) is 17.3 Å². The molecule has 0 radical (unpaired) electrons. The molecule has 3 rings (SSSR count). The lowest BCUT2D eigenvalue weighted by atomic mass is 9.90. The number of piperidine rings is 1. The fraction of sp³-hybridized carbons (Fsp3) is 0.520. The number of amides is 3. The maximum absolute atomic E-state index is 13.2. The summed E-state index contributed by atoms with van der Waals surface area (Å²) in [5.74, 6) is -1.48. The van der Waals surface area contributed by atoms with Crippen LogP contribution < -0.4 is 20.7 Å². The van der Waals surface area contributed by atoms with Crippen molar-refractivity contribution in [1.29, 1.82) is 0 Å². The first kappa shape index (κ1) is 26.2. The van der Waals surface area contributed by atoms with Gasteiger partial charge in [-0.25, -0.2) is 0 Å². The molecule has 1 aromatic heterocycles. The second-order valence-corrected chi connectivity index (χ2v) is 9.31. The molecule has 10 nitrogen and oxygen atoms in total. The first-order valence-electron chi connectivity index (χ1n) is 11.9. The van der Waals surface area contributed by atoms with E-state index in [4.69, 9.17) is 4.74 Å². The average molecular weight is 487 g/mol. The number of hydrogen-bond acceptors (Lipinski definition) is 6. The summed E-state index contributed by atoms with van der Waals surface area (Å²) in [5.41, 5.74) is 0.992. The van der Waals surface area contributed by atoms with E-state index in [1.807, 2.05) is 19.9 Å². The van der Waals surface area contributed by atoms with Gasteiger partial charge < -0.3 is 30.8 Å². The normalized spacial score (nSPS) is 17.5. The van der Waals surface area contributed by atoms with Gasteiger partial charge in [0.05, 0.1) is 13.2 Å². The molecule has 2 heterocycles. The van der Waals surface area contributed by atoms with E-state index < -0.39 is 42.2 Å². The number of benzene rings is 1. The molecule has 0 spiro atoms. The minimum atomic E-state index is -1.02. The Balaban J connectivity index is 1.75. The molecule has 1 saturated heterocycles. The third kappa shape index (κ3) is 6.60. The standard InChI is InChI=1S/C25H34N4O6/c1-14(2)10-19(29-25(34)20-12-16-17(27-20)7-4-8-22(16)35-3)24(33)28-18(21(31)13-30)11-15-6-5-9-26-23(15)32/h4,7-8,12,14-15,18-19,27,30H,5-6,9-11,13H2,1-3H3,(H,26,32)(H,28,33)(H,29,34)/t15-,18-,19-/m0/s1. The molecule has 1 aliphatic rings. The Bertz CT molecular complexity index is 1080. The van der Waals surface area contributed by atoms with E-state index in [0.29, 0.717) is 25.1 Å². The van der Waals surface area contributed by atoms with Crippen LogP contribution in [0.3, 0.4) is 0 Å². The van der Waals surface area contributed by atoms with Crippen molar-refractivity contribution in [2.45, 2.75) is 51.6 Å². The number of methoxy groups -OCH3 is 1. The highest BCUT2D eigenvalue weighted by molar-refractivity contribution is 6.02. The number of H-pyrrole nitrogens is 1. The summed E-state index contributed by atoms with van der Waals surface area (Å²) >= 11 is 0. The molecular weight excluding hydrogens is 452 g/mol. The van der Waals surface area contributed by atoms with Crippen LogP contribution >= 0.6 is 0 Å². The van der Waals surface area contributed by atoms with Crippen LogP contribution in [0.5, 0.6) is 5.75 Å². The van der Waals surface area contributed by atoms with Gasteiger partial charge in [-0.15, -0.1) is 0 Å². The van der Waals surface area contributed by atoms with E-state index in [2.05, 4.69) is 20.9 Å². The summed E-state index contributed by atoms with van der Waals surface area (Å²) < 4.78 is 5.34. The monoisotopic (exact) mass is 486 g/mol. The van der Waals surface area contributed by atoms with Crippen molar-refractivity contribution in [3.8, 4) is 5.75 Å². The van der Waals surface area contributed by atoms with E-state index in [1.54, 1.807) is 25.3 Å². The average Bonchev–Trinajstić information content (AvgIpc) is 3.28. The zero-order chi connectivity index (χ0) is 25.5. The number of carbonyl (C=O) groups excluding carboxylic acids is 4. The second kappa shape index (κ2) is 11.8. The molecule has 10 heteroatoms. The van der Waals surface area contributed by atoms with Crippen LogP contribution in [0, 0.1) is 11.8 Å². The number of rotatable bonds is 11. The van der Waals surface area contributed by atoms with Crippen molar-refractivity contribution in [2.75, 3.05) is 20.3 Å². The molecule has 1 aliphatic heterocycles. The van der Waals surface area contributed by atoms with Crippen molar-refractivity contribution < 1.29 is 29.0 Å². The summed E-state index contributed by atoms with van der Waals surface area (Å²) in [6.45, 7) is 3.67. The Labute approximate surface area is 204 Å². The first-order chi connectivity index (χ1) is 16.7. The maximum atomic E-state index is 13.2. The van der Waals surface area contributed by atoms with Crippen LogP contribution in [-0.4, -0.2) is 65.9 Å². The number of Topliss-reactive ketones (excluding diaryl/α,β-unsaturated/α-hetero) is 1. The molecule has 5 N–H and O–H groups in total. The molecule has 0 unspecified atom stereocenters. The number of aromatic amines is 1. The highest BCUT2D eigenvalue weighted by atomic mass is 16.5. The van der Waals surface area contributed by atoms with E-state index in [-0.39, 0.29) is 23.9 Å². The van der Waals surface area contributed by atoms with Crippen molar-refractivity contribution >= 4 is 34.4 Å². The Morgan fingerprint density at radius 2 is 1.97 bits per heavy atom. The SMILES string of the molecule is COc1cccc2[nH]c(C(=O)N[C@@H](CC(C)C)C(=O)N[C@@H](C[C@@H]3CCCNC3=O)C(=O)CO)cc12. The predicted octanol–water partition coefficient (Wildman–Crippen LogP) is 1.28. The predicted molar refractivity (Wildman–Crippen MR) is 130 cm³/mol. The van der Waals surface area contributed by atoms with Crippen LogP contribution in [0.15, 0.2) is 24.3 Å². The van der Waals surface area contributed by atoms with E-state index >= 15 is 0 Å². The van der Waals surface area contributed by atoms with Gasteiger partial charge in [-0.3, -0.25) is 19.2 Å². The molecule has 0 bridgehead atoms. The van der Waals surface area contributed by atoms with Gasteiger partial charge in [0, 0.05) is 23.4 Å². The van der Waals surface area contributed by atoms with Crippen LogP contribution in [0.2, 0.25) is 0 Å². The Morgan fingerprint density at radius 3 is 2.63 bits per heavy atom. The number of ketones is 1. The third-order valence-corrected chi connectivity index (χ3v) is 6.20. The number of ether oxygens (including phenoxy) is 1. The maximum Gasteiger partial charge on any atom is 0.268 e. The summed E-state index contributed by atoms with van der Waals surface area (Å²) in [7, 11) is 1.55. The zero-order valence-corrected chi connectivity index (χ0v) is 20.3. The second-order valence-electron chi connectivity index (χ2n) is 9.31. The topological polar surface area (TPSA) is 150 Å².